The zero-order valence-corrected chi connectivity index (χ0v) is 11.3. The number of hydrogen-bond acceptors (Lipinski definition) is 4. The molecule has 4 nitrogen and oxygen atoms in total. The molecule has 2 heterocycles. The number of nitrogens with one attached hydrogen (secondary N) is 1. The molecule has 0 spiro atoms. The lowest BCUT2D eigenvalue weighted by atomic mass is 10.0. The van der Waals surface area contributed by atoms with E-state index in [9.17, 15) is 4.79 Å². The Kier molecular flexibility index (Phi) is 4.98. The summed E-state index contributed by atoms with van der Waals surface area (Å²) in [6, 6.07) is 1.29. The van der Waals surface area contributed by atoms with Crippen LogP contribution in [0.15, 0.2) is 0 Å². The number of thioether (sulfide) groups is 1. The van der Waals surface area contributed by atoms with Gasteiger partial charge in [0, 0.05) is 25.2 Å². The van der Waals surface area contributed by atoms with Crippen LogP contribution in [0.2, 0.25) is 0 Å². The van der Waals surface area contributed by atoms with E-state index in [1.807, 2.05) is 0 Å². The molecule has 2 saturated heterocycles. The summed E-state index contributed by atoms with van der Waals surface area (Å²) in [5.74, 6) is 2.58. The van der Waals surface area contributed by atoms with E-state index in [0.717, 1.165) is 25.9 Å². The van der Waals surface area contributed by atoms with E-state index in [0.29, 0.717) is 12.1 Å². The highest BCUT2D eigenvalue weighted by Gasteiger charge is 2.25. The average Bonchev–Trinajstić information content (AvgIpc) is 2.40. The Bertz CT molecular complexity index is 249. The Morgan fingerprint density at radius 3 is 2.35 bits per heavy atom. The van der Waals surface area contributed by atoms with Gasteiger partial charge in [-0.05, 0) is 37.2 Å². The van der Waals surface area contributed by atoms with Crippen LogP contribution in [0.5, 0.6) is 0 Å². The van der Waals surface area contributed by atoms with Crippen LogP contribution >= 0.6 is 11.8 Å². The molecular weight excluding hydrogens is 236 g/mol. The van der Waals surface area contributed by atoms with E-state index in [2.05, 4.69) is 17.1 Å². The molecule has 0 bridgehead atoms. The zero-order chi connectivity index (χ0) is 12.1. The third kappa shape index (κ3) is 3.78. The first-order valence-corrected chi connectivity index (χ1v) is 7.61. The van der Waals surface area contributed by atoms with Crippen molar-refractivity contribution < 1.29 is 9.53 Å². The van der Waals surface area contributed by atoms with E-state index >= 15 is 0 Å². The molecule has 1 amide bonds. The van der Waals surface area contributed by atoms with Gasteiger partial charge in [0.2, 0.25) is 0 Å². The number of piperidine rings is 1. The number of nitrogens with zero attached hydrogens (tertiary/aromatic N) is 1. The fourth-order valence-corrected chi connectivity index (χ4v) is 3.66. The fourth-order valence-electron chi connectivity index (χ4n) is 2.56. The van der Waals surface area contributed by atoms with Crippen molar-refractivity contribution in [2.24, 2.45) is 0 Å². The maximum atomic E-state index is 11.3. The van der Waals surface area contributed by atoms with Crippen LogP contribution < -0.4 is 5.32 Å². The molecule has 0 unspecified atom stereocenters. The topological polar surface area (TPSA) is 41.6 Å². The molecule has 2 aliphatic heterocycles. The smallest absolute Gasteiger partial charge is 0.409 e. The van der Waals surface area contributed by atoms with Crippen molar-refractivity contribution >= 4 is 17.9 Å². The molecule has 1 N–H and O–H groups in total. The van der Waals surface area contributed by atoms with Crippen molar-refractivity contribution in [2.45, 2.75) is 37.8 Å². The Labute approximate surface area is 107 Å². The third-order valence-electron chi connectivity index (χ3n) is 3.62. The van der Waals surface area contributed by atoms with Crippen LogP contribution in [0.25, 0.3) is 0 Å². The number of hydrogen-bond donors (Lipinski definition) is 1. The lowest BCUT2D eigenvalue weighted by Gasteiger charge is -2.34. The quantitative estimate of drug-likeness (QED) is 0.818. The van der Waals surface area contributed by atoms with Gasteiger partial charge in [-0.3, -0.25) is 0 Å². The fraction of sp³-hybridized carbons (Fsp3) is 0.917. The summed E-state index contributed by atoms with van der Waals surface area (Å²) in [5.41, 5.74) is 0. The number of amides is 1. The second-order valence-corrected chi connectivity index (χ2v) is 6.01. The van der Waals surface area contributed by atoms with Gasteiger partial charge in [0.05, 0.1) is 7.11 Å². The highest BCUT2D eigenvalue weighted by molar-refractivity contribution is 7.99. The lowest BCUT2D eigenvalue weighted by molar-refractivity contribution is 0.108. The number of likely N-dealkylation sites (tertiary alicyclic amines) is 1. The standard InChI is InChI=1S/C12H22N2O2S/c1-16-12(15)14-6-2-10(3-7-14)13-11-4-8-17-9-5-11/h10-11,13H,2-9H2,1H3. The maximum absolute atomic E-state index is 11.3. The van der Waals surface area contributed by atoms with Gasteiger partial charge in [0.25, 0.3) is 0 Å². The number of rotatable bonds is 2. The highest BCUT2D eigenvalue weighted by Crippen LogP contribution is 2.19. The molecule has 2 fully saturated rings. The molecule has 2 aliphatic rings. The Morgan fingerprint density at radius 1 is 1.18 bits per heavy atom. The first-order valence-electron chi connectivity index (χ1n) is 6.46. The van der Waals surface area contributed by atoms with E-state index in [4.69, 9.17) is 4.74 Å². The van der Waals surface area contributed by atoms with Crippen molar-refractivity contribution in [2.75, 3.05) is 31.7 Å². The Morgan fingerprint density at radius 2 is 1.76 bits per heavy atom. The molecule has 0 radical (unpaired) electrons. The van der Waals surface area contributed by atoms with Gasteiger partial charge < -0.3 is 15.0 Å². The van der Waals surface area contributed by atoms with Gasteiger partial charge >= 0.3 is 6.09 Å². The monoisotopic (exact) mass is 258 g/mol. The molecule has 5 heteroatoms. The molecule has 0 aliphatic carbocycles. The summed E-state index contributed by atoms with van der Waals surface area (Å²) < 4.78 is 4.74. The molecule has 17 heavy (non-hydrogen) atoms. The van der Waals surface area contributed by atoms with Crippen LogP contribution in [-0.2, 0) is 4.74 Å². The Balaban J connectivity index is 1.69. The Hall–Kier alpha value is -0.420. The SMILES string of the molecule is COC(=O)N1CCC(NC2CCSCC2)CC1. The van der Waals surface area contributed by atoms with Crippen molar-refractivity contribution in [1.82, 2.24) is 10.2 Å². The first-order chi connectivity index (χ1) is 8.29. The summed E-state index contributed by atoms with van der Waals surface area (Å²) in [6.45, 7) is 1.65. The summed E-state index contributed by atoms with van der Waals surface area (Å²) in [7, 11) is 1.45. The number of carbonyl (C=O) groups is 1. The van der Waals surface area contributed by atoms with Gasteiger partial charge in [0.1, 0.15) is 0 Å². The third-order valence-corrected chi connectivity index (χ3v) is 4.67. The maximum Gasteiger partial charge on any atom is 0.409 e. The minimum absolute atomic E-state index is 0.183. The molecule has 2 rings (SSSR count). The normalized spacial score (nSPS) is 23.7. The van der Waals surface area contributed by atoms with Gasteiger partial charge in [0.15, 0.2) is 0 Å². The molecule has 98 valence electrons. The molecule has 0 saturated carbocycles. The second kappa shape index (κ2) is 6.50. The number of ether oxygens (including phenoxy) is 1. The molecule has 0 aromatic carbocycles. The second-order valence-electron chi connectivity index (χ2n) is 4.78. The van der Waals surface area contributed by atoms with E-state index in [1.54, 1.807) is 4.90 Å². The van der Waals surface area contributed by atoms with Gasteiger partial charge in [-0.2, -0.15) is 11.8 Å². The molecule has 0 aromatic rings. The van der Waals surface area contributed by atoms with Crippen molar-refractivity contribution in [3.63, 3.8) is 0 Å². The number of methoxy groups -OCH3 is 1. The summed E-state index contributed by atoms with van der Waals surface area (Å²) in [6.07, 6.45) is 4.51. The zero-order valence-electron chi connectivity index (χ0n) is 10.5. The lowest BCUT2D eigenvalue weighted by Crippen LogP contribution is -2.48. The van der Waals surface area contributed by atoms with Gasteiger partial charge in [-0.25, -0.2) is 4.79 Å². The summed E-state index contributed by atoms with van der Waals surface area (Å²) >= 11 is 2.06. The van der Waals surface area contributed by atoms with E-state index < -0.39 is 0 Å². The van der Waals surface area contributed by atoms with Gasteiger partial charge in [-0.15, -0.1) is 0 Å². The number of carbonyl (C=O) groups excluding carboxylic acids is 1. The van der Waals surface area contributed by atoms with Crippen LogP contribution in [0.4, 0.5) is 4.79 Å². The highest BCUT2D eigenvalue weighted by atomic mass is 32.2. The first kappa shape index (κ1) is 13.0. The predicted molar refractivity (Wildman–Crippen MR) is 70.5 cm³/mol. The minimum atomic E-state index is -0.183. The molecule has 0 atom stereocenters. The molecular formula is C12H22N2O2S. The van der Waals surface area contributed by atoms with E-state index in [1.165, 1.54) is 31.5 Å². The van der Waals surface area contributed by atoms with Crippen molar-refractivity contribution in [3.05, 3.63) is 0 Å². The van der Waals surface area contributed by atoms with E-state index in [-0.39, 0.29) is 6.09 Å². The largest absolute Gasteiger partial charge is 0.453 e. The van der Waals surface area contributed by atoms with Gasteiger partial charge in [-0.1, -0.05) is 0 Å². The van der Waals surface area contributed by atoms with Crippen LogP contribution in [0.1, 0.15) is 25.7 Å². The van der Waals surface area contributed by atoms with Crippen LogP contribution in [-0.4, -0.2) is 54.8 Å². The molecule has 0 aromatic heterocycles. The van der Waals surface area contributed by atoms with Crippen LogP contribution in [0, 0.1) is 0 Å². The minimum Gasteiger partial charge on any atom is -0.453 e. The van der Waals surface area contributed by atoms with Crippen molar-refractivity contribution in [3.8, 4) is 0 Å². The average molecular weight is 258 g/mol. The van der Waals surface area contributed by atoms with Crippen molar-refractivity contribution in [1.29, 1.82) is 0 Å². The summed E-state index contributed by atoms with van der Waals surface area (Å²) in [4.78, 5) is 13.1. The predicted octanol–water partition coefficient (Wildman–Crippen LogP) is 1.70. The summed E-state index contributed by atoms with van der Waals surface area (Å²) in [5, 5.41) is 3.74. The van der Waals surface area contributed by atoms with Crippen LogP contribution in [0.3, 0.4) is 0 Å².